The normalized spacial score (nSPS) is 41.8. The fraction of sp³-hybridized carbons (Fsp3) is 0.957. The predicted octanol–water partition coefficient (Wildman–Crippen LogP) is 4.75. The second kappa shape index (κ2) is 7.20. The van der Waals surface area contributed by atoms with Gasteiger partial charge in [0.05, 0.1) is 12.2 Å². The molecule has 2 heterocycles. The number of rotatable bonds is 3. The molecule has 0 amide bonds. The SMILES string of the molecule is CCC(=O)C1C(C2CCCCC2)C2C3CCCCC3NC2N1C(C)(C)C. The Labute approximate surface area is 160 Å². The number of Topliss-reactive ketones (excluding diaryl/α,β-unsaturated/α-hetero) is 1. The lowest BCUT2D eigenvalue weighted by atomic mass is 9.66. The molecular weight excluding hydrogens is 320 g/mol. The average molecular weight is 361 g/mol. The first kappa shape index (κ1) is 18.9. The van der Waals surface area contributed by atoms with Crippen LogP contribution in [0.25, 0.3) is 0 Å². The maximum absolute atomic E-state index is 13.2. The molecule has 4 fully saturated rings. The third-order valence-corrected chi connectivity index (χ3v) is 8.12. The summed E-state index contributed by atoms with van der Waals surface area (Å²) in [7, 11) is 0. The zero-order valence-electron chi connectivity index (χ0n) is 17.5. The van der Waals surface area contributed by atoms with Gasteiger partial charge in [0, 0.05) is 18.0 Å². The van der Waals surface area contributed by atoms with Crippen molar-refractivity contribution in [2.45, 2.75) is 116 Å². The molecule has 2 aliphatic heterocycles. The van der Waals surface area contributed by atoms with Crippen LogP contribution in [0.15, 0.2) is 0 Å². The molecule has 0 spiro atoms. The smallest absolute Gasteiger partial charge is 0.150 e. The molecule has 6 atom stereocenters. The van der Waals surface area contributed by atoms with Crippen LogP contribution in [-0.4, -0.2) is 34.5 Å². The van der Waals surface area contributed by atoms with Gasteiger partial charge in [-0.3, -0.25) is 15.0 Å². The first-order chi connectivity index (χ1) is 12.4. The zero-order chi connectivity index (χ0) is 18.5. The Hall–Kier alpha value is -0.410. The minimum atomic E-state index is 0.0440. The number of hydrogen-bond acceptors (Lipinski definition) is 3. The lowest BCUT2D eigenvalue weighted by molar-refractivity contribution is -0.128. The third kappa shape index (κ3) is 3.07. The molecule has 2 saturated carbocycles. The summed E-state index contributed by atoms with van der Waals surface area (Å²) in [6.07, 6.45) is 13.5. The van der Waals surface area contributed by atoms with Gasteiger partial charge in [-0.25, -0.2) is 0 Å². The average Bonchev–Trinajstić information content (AvgIpc) is 3.15. The Bertz CT molecular complexity index is 519. The maximum Gasteiger partial charge on any atom is 0.150 e. The van der Waals surface area contributed by atoms with E-state index >= 15 is 0 Å². The van der Waals surface area contributed by atoms with Gasteiger partial charge in [-0.15, -0.1) is 0 Å². The molecule has 3 heteroatoms. The minimum Gasteiger partial charge on any atom is -0.298 e. The van der Waals surface area contributed by atoms with Crippen molar-refractivity contribution < 1.29 is 4.79 Å². The number of ketones is 1. The quantitative estimate of drug-likeness (QED) is 0.788. The summed E-state index contributed by atoms with van der Waals surface area (Å²) >= 11 is 0. The van der Waals surface area contributed by atoms with E-state index < -0.39 is 0 Å². The standard InChI is InChI=1S/C23H40N2O/c1-5-18(26)21-19(15-11-7-6-8-12-15)20-16-13-9-10-14-17(16)24-22(20)25(21)23(2,3)4/h15-17,19-22,24H,5-14H2,1-4H3. The summed E-state index contributed by atoms with van der Waals surface area (Å²) in [4.78, 5) is 15.9. The van der Waals surface area contributed by atoms with Gasteiger partial charge in [0.25, 0.3) is 0 Å². The van der Waals surface area contributed by atoms with Gasteiger partial charge in [-0.1, -0.05) is 51.9 Å². The highest BCUT2D eigenvalue weighted by atomic mass is 16.1. The number of hydrogen-bond donors (Lipinski definition) is 1. The van der Waals surface area contributed by atoms with Crippen LogP contribution in [-0.2, 0) is 4.79 Å². The highest BCUT2D eigenvalue weighted by Gasteiger charge is 2.62. The maximum atomic E-state index is 13.2. The van der Waals surface area contributed by atoms with Gasteiger partial charge >= 0.3 is 0 Å². The van der Waals surface area contributed by atoms with E-state index in [1.54, 1.807) is 0 Å². The molecule has 0 radical (unpaired) electrons. The number of carbonyl (C=O) groups excluding carboxylic acids is 1. The lowest BCUT2D eigenvalue weighted by Gasteiger charge is -2.43. The molecule has 2 saturated heterocycles. The number of nitrogens with zero attached hydrogens (tertiary/aromatic N) is 1. The monoisotopic (exact) mass is 360 g/mol. The fourth-order valence-electron chi connectivity index (χ4n) is 7.23. The van der Waals surface area contributed by atoms with Crippen LogP contribution >= 0.6 is 0 Å². The van der Waals surface area contributed by atoms with Crippen LogP contribution < -0.4 is 5.32 Å². The molecule has 3 nitrogen and oxygen atoms in total. The molecule has 0 aromatic carbocycles. The topological polar surface area (TPSA) is 32.3 Å². The number of carbonyl (C=O) groups is 1. The number of likely N-dealkylation sites (tertiary alicyclic amines) is 1. The van der Waals surface area contributed by atoms with Gasteiger partial charge in [0.2, 0.25) is 0 Å². The summed E-state index contributed by atoms with van der Waals surface area (Å²) < 4.78 is 0. The van der Waals surface area contributed by atoms with Crippen molar-refractivity contribution in [3.63, 3.8) is 0 Å². The van der Waals surface area contributed by atoms with Crippen LogP contribution in [0.5, 0.6) is 0 Å². The van der Waals surface area contributed by atoms with E-state index in [1.807, 2.05) is 0 Å². The summed E-state index contributed by atoms with van der Waals surface area (Å²) in [6, 6.07) is 0.848. The Morgan fingerprint density at radius 1 is 0.962 bits per heavy atom. The van der Waals surface area contributed by atoms with E-state index in [9.17, 15) is 4.79 Å². The van der Waals surface area contributed by atoms with Crippen molar-refractivity contribution in [1.29, 1.82) is 0 Å². The Kier molecular flexibility index (Phi) is 5.24. The van der Waals surface area contributed by atoms with Crippen molar-refractivity contribution in [2.24, 2.45) is 23.7 Å². The predicted molar refractivity (Wildman–Crippen MR) is 107 cm³/mol. The largest absolute Gasteiger partial charge is 0.298 e. The molecule has 0 aromatic heterocycles. The van der Waals surface area contributed by atoms with E-state index in [0.717, 1.165) is 11.8 Å². The lowest BCUT2D eigenvalue weighted by Crippen LogP contribution is -2.57. The van der Waals surface area contributed by atoms with Gasteiger partial charge in [0.1, 0.15) is 5.78 Å². The molecule has 26 heavy (non-hydrogen) atoms. The van der Waals surface area contributed by atoms with Crippen molar-refractivity contribution in [1.82, 2.24) is 10.2 Å². The molecule has 2 aliphatic carbocycles. The summed E-state index contributed by atoms with van der Waals surface area (Å²) in [5.74, 6) is 3.36. The molecule has 148 valence electrons. The highest BCUT2D eigenvalue weighted by Crippen LogP contribution is 2.55. The van der Waals surface area contributed by atoms with E-state index in [4.69, 9.17) is 0 Å². The van der Waals surface area contributed by atoms with Gasteiger partial charge in [-0.05, 0) is 57.3 Å². The van der Waals surface area contributed by atoms with Crippen molar-refractivity contribution in [3.05, 3.63) is 0 Å². The Balaban J connectivity index is 1.74. The fourth-order valence-corrected chi connectivity index (χ4v) is 7.23. The van der Waals surface area contributed by atoms with Crippen LogP contribution in [0.1, 0.15) is 91.9 Å². The Morgan fingerprint density at radius 3 is 2.27 bits per heavy atom. The summed E-state index contributed by atoms with van der Waals surface area (Å²) in [5.41, 5.74) is 0.0440. The first-order valence-corrected chi connectivity index (χ1v) is 11.5. The molecule has 1 N–H and O–H groups in total. The van der Waals surface area contributed by atoms with Crippen molar-refractivity contribution >= 4 is 5.78 Å². The van der Waals surface area contributed by atoms with Crippen molar-refractivity contribution in [3.8, 4) is 0 Å². The van der Waals surface area contributed by atoms with Gasteiger partial charge in [-0.2, -0.15) is 0 Å². The van der Waals surface area contributed by atoms with Crippen molar-refractivity contribution in [2.75, 3.05) is 0 Å². The molecule has 6 unspecified atom stereocenters. The molecule has 0 aromatic rings. The molecule has 4 rings (SSSR count). The second-order valence-electron chi connectivity index (χ2n) is 10.6. The Morgan fingerprint density at radius 2 is 1.62 bits per heavy atom. The molecular formula is C23H40N2O. The summed E-state index contributed by atoms with van der Waals surface area (Å²) in [5, 5.41) is 4.06. The van der Waals surface area contributed by atoms with Gasteiger partial charge in [0.15, 0.2) is 0 Å². The van der Waals surface area contributed by atoms with E-state index in [-0.39, 0.29) is 11.6 Å². The first-order valence-electron chi connectivity index (χ1n) is 11.5. The molecule has 0 bridgehead atoms. The van der Waals surface area contributed by atoms with E-state index in [1.165, 1.54) is 57.8 Å². The van der Waals surface area contributed by atoms with Crippen LogP contribution in [0.3, 0.4) is 0 Å². The minimum absolute atomic E-state index is 0.0440. The highest BCUT2D eigenvalue weighted by molar-refractivity contribution is 5.84. The second-order valence-corrected chi connectivity index (χ2v) is 10.6. The van der Waals surface area contributed by atoms with Gasteiger partial charge < -0.3 is 0 Å². The van der Waals surface area contributed by atoms with Crippen LogP contribution in [0.4, 0.5) is 0 Å². The van der Waals surface area contributed by atoms with E-state index in [0.29, 0.717) is 36.2 Å². The number of nitrogens with one attached hydrogen (secondary N) is 1. The molecule has 4 aliphatic rings. The summed E-state index contributed by atoms with van der Waals surface area (Å²) in [6.45, 7) is 9.05. The third-order valence-electron chi connectivity index (χ3n) is 8.12. The van der Waals surface area contributed by atoms with Crippen LogP contribution in [0, 0.1) is 23.7 Å². The number of fused-ring (bicyclic) bond motifs is 3. The van der Waals surface area contributed by atoms with Crippen LogP contribution in [0.2, 0.25) is 0 Å². The zero-order valence-corrected chi connectivity index (χ0v) is 17.5. The van der Waals surface area contributed by atoms with E-state index in [2.05, 4.69) is 37.9 Å².